The van der Waals surface area contributed by atoms with Gasteiger partial charge in [0.15, 0.2) is 0 Å². The molecule has 0 aromatic heterocycles. The molecule has 1 nitrogen and oxygen atoms in total. The molecule has 2 aromatic carbocycles. The second-order valence-corrected chi connectivity index (χ2v) is 6.91. The Kier molecular flexibility index (Phi) is 6.47. The molecule has 1 unspecified atom stereocenters. The highest BCUT2D eigenvalue weighted by molar-refractivity contribution is 9.10. The van der Waals surface area contributed by atoms with E-state index in [1.807, 2.05) is 0 Å². The molecule has 1 N–H and O–H groups in total. The van der Waals surface area contributed by atoms with Crippen molar-refractivity contribution < 1.29 is 0 Å². The predicted octanol–water partition coefficient (Wildman–Crippen LogP) is 5.02. The van der Waals surface area contributed by atoms with Crippen LogP contribution in [-0.4, -0.2) is 13.1 Å². The van der Waals surface area contributed by atoms with Crippen molar-refractivity contribution in [3.8, 4) is 0 Å². The summed E-state index contributed by atoms with van der Waals surface area (Å²) in [6.07, 6.45) is 1.06. The van der Waals surface area contributed by atoms with Crippen LogP contribution in [0.15, 0.2) is 59.1 Å². The van der Waals surface area contributed by atoms with E-state index in [0.29, 0.717) is 11.8 Å². The van der Waals surface area contributed by atoms with Crippen LogP contribution in [0.25, 0.3) is 0 Å². The van der Waals surface area contributed by atoms with Crippen molar-refractivity contribution in [2.45, 2.75) is 26.2 Å². The van der Waals surface area contributed by atoms with Crippen molar-refractivity contribution in [2.75, 3.05) is 13.1 Å². The zero-order chi connectivity index (χ0) is 15.1. The molecule has 0 bridgehead atoms. The molecule has 0 amide bonds. The quantitative estimate of drug-likeness (QED) is 0.742. The van der Waals surface area contributed by atoms with Gasteiger partial charge in [-0.25, -0.2) is 0 Å². The number of halogens is 1. The first kappa shape index (κ1) is 16.3. The minimum absolute atomic E-state index is 0.513. The largest absolute Gasteiger partial charge is 0.316 e. The van der Waals surface area contributed by atoms with Gasteiger partial charge >= 0.3 is 0 Å². The van der Waals surface area contributed by atoms with Gasteiger partial charge in [-0.2, -0.15) is 0 Å². The van der Waals surface area contributed by atoms with Gasteiger partial charge in [0.1, 0.15) is 0 Å². The first-order valence-corrected chi connectivity index (χ1v) is 8.44. The van der Waals surface area contributed by atoms with Gasteiger partial charge in [-0.15, -0.1) is 0 Å². The van der Waals surface area contributed by atoms with Crippen molar-refractivity contribution in [1.82, 2.24) is 5.32 Å². The lowest BCUT2D eigenvalue weighted by molar-refractivity contribution is 0.514. The number of benzene rings is 2. The number of rotatable bonds is 7. The van der Waals surface area contributed by atoms with Crippen LogP contribution in [0.2, 0.25) is 0 Å². The van der Waals surface area contributed by atoms with Crippen LogP contribution < -0.4 is 5.32 Å². The monoisotopic (exact) mass is 345 g/mol. The molecule has 0 saturated carbocycles. The van der Waals surface area contributed by atoms with E-state index in [4.69, 9.17) is 0 Å². The van der Waals surface area contributed by atoms with Crippen LogP contribution >= 0.6 is 15.9 Å². The average molecular weight is 346 g/mol. The summed E-state index contributed by atoms with van der Waals surface area (Å²) in [5, 5.41) is 3.61. The minimum Gasteiger partial charge on any atom is -0.316 e. The van der Waals surface area contributed by atoms with Gasteiger partial charge in [0.2, 0.25) is 0 Å². The lowest BCUT2D eigenvalue weighted by Gasteiger charge is -2.19. The summed E-state index contributed by atoms with van der Waals surface area (Å²) >= 11 is 3.56. The fourth-order valence-electron chi connectivity index (χ4n) is 2.53. The van der Waals surface area contributed by atoms with E-state index in [1.54, 1.807) is 0 Å². The molecule has 0 spiro atoms. The van der Waals surface area contributed by atoms with Crippen LogP contribution in [0.5, 0.6) is 0 Å². The third-order valence-electron chi connectivity index (χ3n) is 3.59. The minimum atomic E-state index is 0.513. The second kappa shape index (κ2) is 8.35. The SMILES string of the molecule is CC(C)CNCC(Cc1cccc(Br)c1)c1ccccc1. The van der Waals surface area contributed by atoms with E-state index < -0.39 is 0 Å². The van der Waals surface area contributed by atoms with E-state index in [2.05, 4.69) is 89.7 Å². The van der Waals surface area contributed by atoms with Crippen LogP contribution in [0.3, 0.4) is 0 Å². The molecular formula is C19H24BrN. The van der Waals surface area contributed by atoms with Crippen LogP contribution in [0.4, 0.5) is 0 Å². The maximum Gasteiger partial charge on any atom is 0.0177 e. The number of hydrogen-bond donors (Lipinski definition) is 1. The highest BCUT2D eigenvalue weighted by atomic mass is 79.9. The van der Waals surface area contributed by atoms with Crippen molar-refractivity contribution >= 4 is 15.9 Å². The summed E-state index contributed by atoms with van der Waals surface area (Å²) < 4.78 is 1.15. The van der Waals surface area contributed by atoms with Gasteiger partial charge in [0.05, 0.1) is 0 Å². The van der Waals surface area contributed by atoms with E-state index in [1.165, 1.54) is 11.1 Å². The Morgan fingerprint density at radius 1 is 0.952 bits per heavy atom. The highest BCUT2D eigenvalue weighted by Crippen LogP contribution is 2.22. The summed E-state index contributed by atoms with van der Waals surface area (Å²) in [7, 11) is 0. The fourth-order valence-corrected chi connectivity index (χ4v) is 2.97. The second-order valence-electron chi connectivity index (χ2n) is 5.99. The summed E-state index contributed by atoms with van der Waals surface area (Å²) in [6, 6.07) is 19.4. The Bertz CT molecular complexity index is 536. The van der Waals surface area contributed by atoms with Gasteiger partial charge < -0.3 is 5.32 Å². The van der Waals surface area contributed by atoms with Gasteiger partial charge in [0.25, 0.3) is 0 Å². The van der Waals surface area contributed by atoms with E-state index in [-0.39, 0.29) is 0 Å². The Hall–Kier alpha value is -1.12. The molecule has 0 aliphatic carbocycles. The molecule has 21 heavy (non-hydrogen) atoms. The van der Waals surface area contributed by atoms with Crippen LogP contribution in [-0.2, 0) is 6.42 Å². The Morgan fingerprint density at radius 2 is 1.71 bits per heavy atom. The van der Waals surface area contributed by atoms with Crippen molar-refractivity contribution in [3.05, 3.63) is 70.2 Å². The average Bonchev–Trinajstić information content (AvgIpc) is 2.47. The molecule has 112 valence electrons. The molecule has 0 aliphatic rings. The normalized spacial score (nSPS) is 12.6. The zero-order valence-electron chi connectivity index (χ0n) is 12.9. The van der Waals surface area contributed by atoms with Gasteiger partial charge in [-0.1, -0.05) is 72.2 Å². The molecule has 0 radical (unpaired) electrons. The molecule has 0 heterocycles. The van der Waals surface area contributed by atoms with E-state index in [0.717, 1.165) is 24.0 Å². The van der Waals surface area contributed by atoms with Gasteiger partial charge in [-0.05, 0) is 42.1 Å². The zero-order valence-corrected chi connectivity index (χ0v) is 14.4. The molecule has 0 saturated heterocycles. The van der Waals surface area contributed by atoms with E-state index >= 15 is 0 Å². The molecule has 2 rings (SSSR count). The summed E-state index contributed by atoms with van der Waals surface area (Å²) in [5.74, 6) is 1.20. The number of hydrogen-bond acceptors (Lipinski definition) is 1. The standard InChI is InChI=1S/C19H24BrN/c1-15(2)13-21-14-18(17-8-4-3-5-9-17)11-16-7-6-10-19(20)12-16/h3-10,12,15,18,21H,11,13-14H2,1-2H3. The molecule has 0 fully saturated rings. The lowest BCUT2D eigenvalue weighted by atomic mass is 9.92. The topological polar surface area (TPSA) is 12.0 Å². The Morgan fingerprint density at radius 3 is 2.38 bits per heavy atom. The smallest absolute Gasteiger partial charge is 0.0177 e. The van der Waals surface area contributed by atoms with Gasteiger partial charge in [0, 0.05) is 16.9 Å². The fraction of sp³-hybridized carbons (Fsp3) is 0.368. The van der Waals surface area contributed by atoms with Crippen LogP contribution in [0.1, 0.15) is 30.9 Å². The summed E-state index contributed by atoms with van der Waals surface area (Å²) in [5.41, 5.74) is 2.79. The molecule has 1 atom stereocenters. The van der Waals surface area contributed by atoms with Crippen LogP contribution in [0, 0.1) is 5.92 Å². The third-order valence-corrected chi connectivity index (χ3v) is 4.08. The lowest BCUT2D eigenvalue weighted by Crippen LogP contribution is -2.26. The Labute approximate surface area is 136 Å². The molecule has 2 aromatic rings. The maximum atomic E-state index is 3.61. The number of nitrogens with one attached hydrogen (secondary N) is 1. The molecule has 2 heteroatoms. The Balaban J connectivity index is 2.08. The van der Waals surface area contributed by atoms with E-state index in [9.17, 15) is 0 Å². The first-order chi connectivity index (χ1) is 10.1. The maximum absolute atomic E-state index is 3.61. The first-order valence-electron chi connectivity index (χ1n) is 7.65. The van der Waals surface area contributed by atoms with Crippen molar-refractivity contribution in [3.63, 3.8) is 0 Å². The van der Waals surface area contributed by atoms with Crippen molar-refractivity contribution in [1.29, 1.82) is 0 Å². The van der Waals surface area contributed by atoms with Gasteiger partial charge in [-0.3, -0.25) is 0 Å². The molecule has 0 aliphatic heterocycles. The van der Waals surface area contributed by atoms with Crippen molar-refractivity contribution in [2.24, 2.45) is 5.92 Å². The third kappa shape index (κ3) is 5.64. The highest BCUT2D eigenvalue weighted by Gasteiger charge is 2.12. The predicted molar refractivity (Wildman–Crippen MR) is 94.7 cm³/mol. The summed E-state index contributed by atoms with van der Waals surface area (Å²) in [6.45, 7) is 6.59. The molecular weight excluding hydrogens is 322 g/mol. The summed E-state index contributed by atoms with van der Waals surface area (Å²) in [4.78, 5) is 0.